The molecule has 0 aliphatic rings. The molecule has 0 bridgehead atoms. The van der Waals surface area contributed by atoms with E-state index in [4.69, 9.17) is 0 Å². The molecule has 1 aromatic carbocycles. The third-order valence-corrected chi connectivity index (χ3v) is 1.90. The van der Waals surface area contributed by atoms with Gasteiger partial charge in [0.2, 0.25) is 0 Å². The van der Waals surface area contributed by atoms with Gasteiger partial charge in [0.25, 0.3) is 0 Å². The number of rotatable bonds is 1. The number of hydrogen-bond acceptors (Lipinski definition) is 1. The van der Waals surface area contributed by atoms with Crippen molar-refractivity contribution in [3.63, 3.8) is 0 Å². The van der Waals surface area contributed by atoms with Gasteiger partial charge in [-0.3, -0.25) is 0 Å². The molecular weight excluding hydrogens is 193 g/mol. The zero-order chi connectivity index (χ0) is 10.9. The summed E-state index contributed by atoms with van der Waals surface area (Å²) in [7, 11) is 0. The van der Waals surface area contributed by atoms with Crippen LogP contribution in [0.4, 0.5) is 13.2 Å². The highest BCUT2D eigenvalue weighted by Gasteiger charge is 2.31. The Morgan fingerprint density at radius 2 is 1.93 bits per heavy atom. The number of hydrogen-bond donors (Lipinski definition) is 1. The lowest BCUT2D eigenvalue weighted by Crippen LogP contribution is -2.05. The predicted molar refractivity (Wildman–Crippen MR) is 47.9 cm³/mol. The minimum atomic E-state index is -4.43. The SMILES string of the molecule is C=Cc1c(C)cc(C(F)(F)F)cc1O. The highest BCUT2D eigenvalue weighted by molar-refractivity contribution is 5.60. The number of benzene rings is 1. The fourth-order valence-electron chi connectivity index (χ4n) is 1.21. The molecule has 1 N–H and O–H groups in total. The molecule has 0 fully saturated rings. The number of phenols is 1. The Kier molecular flexibility index (Phi) is 2.55. The molecular formula is C10H9F3O. The Hall–Kier alpha value is -1.45. The molecule has 4 heteroatoms. The van der Waals surface area contributed by atoms with Gasteiger partial charge >= 0.3 is 6.18 Å². The summed E-state index contributed by atoms with van der Waals surface area (Å²) in [6, 6.07) is 1.68. The Balaban J connectivity index is 3.35. The van der Waals surface area contributed by atoms with E-state index in [1.165, 1.54) is 13.0 Å². The van der Waals surface area contributed by atoms with Crippen molar-refractivity contribution in [2.45, 2.75) is 13.1 Å². The monoisotopic (exact) mass is 202 g/mol. The summed E-state index contributed by atoms with van der Waals surface area (Å²) in [4.78, 5) is 0. The van der Waals surface area contributed by atoms with Gasteiger partial charge in [-0.2, -0.15) is 13.2 Å². The summed E-state index contributed by atoms with van der Waals surface area (Å²) < 4.78 is 36.7. The number of phenolic OH excluding ortho intramolecular Hbond substituents is 1. The van der Waals surface area contributed by atoms with Gasteiger partial charge in [-0.25, -0.2) is 0 Å². The number of aromatic hydroxyl groups is 1. The van der Waals surface area contributed by atoms with Crippen molar-refractivity contribution in [2.24, 2.45) is 0 Å². The molecule has 1 aromatic rings. The van der Waals surface area contributed by atoms with Crippen LogP contribution in [-0.2, 0) is 6.18 Å². The number of halogens is 3. The smallest absolute Gasteiger partial charge is 0.416 e. The molecule has 0 saturated heterocycles. The lowest BCUT2D eigenvalue weighted by atomic mass is 10.0. The second-order valence-electron chi connectivity index (χ2n) is 2.93. The van der Waals surface area contributed by atoms with E-state index < -0.39 is 17.5 Å². The number of alkyl halides is 3. The largest absolute Gasteiger partial charge is 0.507 e. The summed E-state index contributed by atoms with van der Waals surface area (Å²) >= 11 is 0. The average Bonchev–Trinajstić information content (AvgIpc) is 2.01. The third-order valence-electron chi connectivity index (χ3n) is 1.90. The molecule has 0 unspecified atom stereocenters. The van der Waals surface area contributed by atoms with Crippen LogP contribution in [-0.4, -0.2) is 5.11 Å². The van der Waals surface area contributed by atoms with E-state index in [2.05, 4.69) is 6.58 Å². The van der Waals surface area contributed by atoms with E-state index in [0.29, 0.717) is 17.2 Å². The zero-order valence-corrected chi connectivity index (χ0v) is 7.52. The van der Waals surface area contributed by atoms with Crippen LogP contribution in [0.15, 0.2) is 18.7 Å². The van der Waals surface area contributed by atoms with Crippen LogP contribution in [0.2, 0.25) is 0 Å². The normalized spacial score (nSPS) is 11.4. The topological polar surface area (TPSA) is 20.2 Å². The lowest BCUT2D eigenvalue weighted by molar-refractivity contribution is -0.137. The molecule has 1 nitrogen and oxygen atoms in total. The molecule has 0 radical (unpaired) electrons. The zero-order valence-electron chi connectivity index (χ0n) is 7.52. The summed E-state index contributed by atoms with van der Waals surface area (Å²) in [6.07, 6.45) is -3.10. The molecule has 14 heavy (non-hydrogen) atoms. The van der Waals surface area contributed by atoms with Crippen molar-refractivity contribution in [2.75, 3.05) is 0 Å². The molecule has 0 atom stereocenters. The van der Waals surface area contributed by atoms with Gasteiger partial charge in [-0.05, 0) is 24.6 Å². The van der Waals surface area contributed by atoms with Gasteiger partial charge in [-0.15, -0.1) is 0 Å². The van der Waals surface area contributed by atoms with Crippen LogP contribution in [0.3, 0.4) is 0 Å². The van der Waals surface area contributed by atoms with Crippen molar-refractivity contribution in [1.29, 1.82) is 0 Å². The highest BCUT2D eigenvalue weighted by Crippen LogP contribution is 2.34. The van der Waals surface area contributed by atoms with Crippen LogP contribution in [0, 0.1) is 6.92 Å². The van der Waals surface area contributed by atoms with E-state index in [1.807, 2.05) is 0 Å². The van der Waals surface area contributed by atoms with Crippen molar-refractivity contribution in [1.82, 2.24) is 0 Å². The van der Waals surface area contributed by atoms with Crippen LogP contribution in [0.25, 0.3) is 6.08 Å². The minimum absolute atomic E-state index is 0.331. The molecule has 0 aromatic heterocycles. The van der Waals surface area contributed by atoms with Gasteiger partial charge in [0.05, 0.1) is 5.56 Å². The third kappa shape index (κ3) is 1.89. The predicted octanol–water partition coefficient (Wildman–Crippen LogP) is 3.36. The van der Waals surface area contributed by atoms with Crippen molar-refractivity contribution < 1.29 is 18.3 Å². The second kappa shape index (κ2) is 3.36. The van der Waals surface area contributed by atoms with Crippen molar-refractivity contribution in [3.05, 3.63) is 35.4 Å². The summed E-state index contributed by atoms with van der Waals surface area (Å²) in [5.74, 6) is -0.396. The maximum absolute atomic E-state index is 12.2. The van der Waals surface area contributed by atoms with E-state index in [1.54, 1.807) is 0 Å². The minimum Gasteiger partial charge on any atom is -0.507 e. The lowest BCUT2D eigenvalue weighted by Gasteiger charge is -2.10. The average molecular weight is 202 g/mol. The summed E-state index contributed by atoms with van der Waals surface area (Å²) in [5.41, 5.74) is -0.163. The van der Waals surface area contributed by atoms with Crippen LogP contribution in [0.1, 0.15) is 16.7 Å². The quantitative estimate of drug-likeness (QED) is 0.740. The Bertz CT molecular complexity index is 343. The Morgan fingerprint density at radius 3 is 2.29 bits per heavy atom. The van der Waals surface area contributed by atoms with E-state index in [0.717, 1.165) is 6.07 Å². The fourth-order valence-corrected chi connectivity index (χ4v) is 1.21. The van der Waals surface area contributed by atoms with Crippen LogP contribution in [0.5, 0.6) is 5.75 Å². The van der Waals surface area contributed by atoms with Gasteiger partial charge in [0.1, 0.15) is 5.75 Å². The Labute approximate surface area is 79.5 Å². The molecule has 0 saturated carbocycles. The van der Waals surface area contributed by atoms with Crippen molar-refractivity contribution >= 4 is 6.08 Å². The first kappa shape index (κ1) is 10.6. The molecule has 0 aliphatic heterocycles. The number of aryl methyl sites for hydroxylation is 1. The first-order chi connectivity index (χ1) is 6.36. The van der Waals surface area contributed by atoms with Gasteiger partial charge in [0.15, 0.2) is 0 Å². The fraction of sp³-hybridized carbons (Fsp3) is 0.200. The molecule has 0 heterocycles. The van der Waals surface area contributed by atoms with E-state index >= 15 is 0 Å². The Morgan fingerprint density at radius 1 is 1.36 bits per heavy atom. The van der Waals surface area contributed by atoms with E-state index in [-0.39, 0.29) is 0 Å². The van der Waals surface area contributed by atoms with Gasteiger partial charge in [-0.1, -0.05) is 12.7 Å². The molecule has 0 amide bonds. The first-order valence-corrected chi connectivity index (χ1v) is 3.89. The molecule has 76 valence electrons. The van der Waals surface area contributed by atoms with Crippen molar-refractivity contribution in [3.8, 4) is 5.75 Å². The van der Waals surface area contributed by atoms with Crippen LogP contribution < -0.4 is 0 Å². The van der Waals surface area contributed by atoms with Gasteiger partial charge < -0.3 is 5.11 Å². The summed E-state index contributed by atoms with van der Waals surface area (Å²) in [6.45, 7) is 4.90. The maximum Gasteiger partial charge on any atom is 0.416 e. The van der Waals surface area contributed by atoms with Crippen LogP contribution >= 0.6 is 0 Å². The van der Waals surface area contributed by atoms with E-state index in [9.17, 15) is 18.3 Å². The molecule has 0 aliphatic carbocycles. The standard InChI is InChI=1S/C10H9F3O/c1-3-8-6(2)4-7(5-9(8)14)10(11,12)13/h3-5,14H,1H2,2H3. The highest BCUT2D eigenvalue weighted by atomic mass is 19.4. The molecule has 0 spiro atoms. The second-order valence-corrected chi connectivity index (χ2v) is 2.93. The van der Waals surface area contributed by atoms with Gasteiger partial charge in [0, 0.05) is 5.56 Å². The summed E-state index contributed by atoms with van der Waals surface area (Å²) in [5, 5.41) is 9.26. The molecule has 1 rings (SSSR count). The first-order valence-electron chi connectivity index (χ1n) is 3.89. The maximum atomic E-state index is 12.2.